The van der Waals surface area contributed by atoms with Crippen LogP contribution in [0.3, 0.4) is 0 Å². The Morgan fingerprint density at radius 2 is 1.65 bits per heavy atom. The molecular weight excluding hydrogens is 734 g/mol. The molecule has 4 saturated heterocycles. The van der Waals surface area contributed by atoms with E-state index in [9.17, 15) is 25.2 Å². The minimum Gasteiger partial charge on any atom is -0.459 e. The van der Waals surface area contributed by atoms with Gasteiger partial charge < -0.3 is 53.6 Å². The van der Waals surface area contributed by atoms with Crippen molar-refractivity contribution in [2.45, 2.75) is 199 Å². The zero-order valence-electron chi connectivity index (χ0n) is 36.6. The summed E-state index contributed by atoms with van der Waals surface area (Å²) in [6.45, 7) is 21.1. The maximum absolute atomic E-state index is 14.4. The molecule has 1 aromatic rings. The first kappa shape index (κ1) is 46.3. The molecule has 0 spiro atoms. The largest absolute Gasteiger partial charge is 0.459 e. The lowest BCUT2D eigenvalue weighted by molar-refractivity contribution is -0.318. The van der Waals surface area contributed by atoms with Crippen LogP contribution >= 0.6 is 0 Å². The van der Waals surface area contributed by atoms with Gasteiger partial charge in [0.05, 0.1) is 53.7 Å². The Balaban J connectivity index is 1.55. The van der Waals surface area contributed by atoms with E-state index in [2.05, 4.69) is 43.0 Å². The molecule has 4 fully saturated rings. The SMILES string of the molecule is CC[C@@H](O)[C@@](C)(O)[C@@H]1OC(=O)[C@H](C)[C@@H](O[C@H]2CC(C)(OC)[C@@H](O)C(C)O2)[C@H](C)[C@@H](O[C@@H]2OC(C)CC(N(C)Cc3ccc(C)cc3)C2O)C2(C)CC(C)C(O2)[C@@H]1C. The molecule has 0 radical (unpaired) electrons. The highest BCUT2D eigenvalue weighted by Gasteiger charge is 2.59. The van der Waals surface area contributed by atoms with Crippen molar-refractivity contribution in [1.29, 1.82) is 0 Å². The predicted octanol–water partition coefficient (Wildman–Crippen LogP) is 4.50. The van der Waals surface area contributed by atoms with Gasteiger partial charge in [-0.05, 0) is 86.3 Å². The number of likely N-dealkylation sites (N-methyl/N-ethyl adjacent to an activating group) is 1. The van der Waals surface area contributed by atoms with Crippen molar-refractivity contribution in [2.75, 3.05) is 14.2 Å². The van der Waals surface area contributed by atoms with E-state index in [0.29, 0.717) is 19.4 Å². The number of esters is 1. The Labute approximate surface area is 340 Å². The highest BCUT2D eigenvalue weighted by Crippen LogP contribution is 2.48. The molecule has 57 heavy (non-hydrogen) atoms. The number of hydrogen-bond donors (Lipinski definition) is 4. The molecule has 4 aliphatic heterocycles. The molecule has 13 nitrogen and oxygen atoms in total. The number of carbonyl (C=O) groups is 1. The van der Waals surface area contributed by atoms with E-state index in [1.807, 2.05) is 34.7 Å². The number of aryl methyl sites for hydroxylation is 1. The molecule has 8 unspecified atom stereocenters. The van der Waals surface area contributed by atoms with Crippen LogP contribution in [0.15, 0.2) is 24.3 Å². The van der Waals surface area contributed by atoms with Crippen LogP contribution in [0.4, 0.5) is 0 Å². The van der Waals surface area contributed by atoms with Gasteiger partial charge in [-0.1, -0.05) is 57.5 Å². The number of methoxy groups -OCH3 is 1. The molecular formula is C44H73NO12. The van der Waals surface area contributed by atoms with Gasteiger partial charge in [-0.25, -0.2) is 0 Å². The summed E-state index contributed by atoms with van der Waals surface area (Å²) < 4.78 is 45.7. The second-order valence-corrected chi connectivity index (χ2v) is 18.7. The maximum atomic E-state index is 14.4. The molecule has 4 aliphatic rings. The van der Waals surface area contributed by atoms with E-state index < -0.39 is 102 Å². The summed E-state index contributed by atoms with van der Waals surface area (Å²) in [5, 5.41) is 46.0. The first-order valence-corrected chi connectivity index (χ1v) is 21.1. The van der Waals surface area contributed by atoms with Crippen molar-refractivity contribution in [3.63, 3.8) is 0 Å². The van der Waals surface area contributed by atoms with Gasteiger partial charge in [0, 0.05) is 38.0 Å². The summed E-state index contributed by atoms with van der Waals surface area (Å²) in [7, 11) is 3.54. The third-order valence-electron chi connectivity index (χ3n) is 13.8. The van der Waals surface area contributed by atoms with Gasteiger partial charge in [-0.2, -0.15) is 0 Å². The summed E-state index contributed by atoms with van der Waals surface area (Å²) in [6.07, 6.45) is -7.72. The number of rotatable bonds is 11. The molecule has 19 atom stereocenters. The summed E-state index contributed by atoms with van der Waals surface area (Å²) >= 11 is 0. The van der Waals surface area contributed by atoms with Crippen LogP contribution in [0, 0.1) is 30.6 Å². The zero-order valence-corrected chi connectivity index (χ0v) is 36.6. The third kappa shape index (κ3) is 9.59. The fraction of sp³-hybridized carbons (Fsp3) is 0.841. The van der Waals surface area contributed by atoms with Gasteiger partial charge in [-0.15, -0.1) is 0 Å². The van der Waals surface area contributed by atoms with Crippen molar-refractivity contribution in [1.82, 2.24) is 4.90 Å². The molecule has 2 bridgehead atoms. The predicted molar refractivity (Wildman–Crippen MR) is 213 cm³/mol. The zero-order chi connectivity index (χ0) is 42.4. The number of ether oxygens (including phenoxy) is 7. The van der Waals surface area contributed by atoms with Gasteiger partial charge in [0.2, 0.25) is 0 Å². The molecule has 0 aliphatic carbocycles. The monoisotopic (exact) mass is 808 g/mol. The van der Waals surface area contributed by atoms with Gasteiger partial charge in [0.15, 0.2) is 12.6 Å². The number of benzene rings is 1. The summed E-state index contributed by atoms with van der Waals surface area (Å²) in [5.41, 5.74) is -1.47. The number of cyclic esters (lactones) is 1. The van der Waals surface area contributed by atoms with E-state index in [1.165, 1.54) is 19.6 Å². The number of aliphatic hydroxyl groups is 4. The standard InChI is InChI=1S/C44H73NO12/c1-14-32(46)44(11,50)39-26(5)35-24(3)20-43(10,57-35)38(56-41-34(47)31(19-25(4)52-41)45(12)22-30-17-15-23(2)16-18-30)27(6)36(28(7)40(49)55-39)54-33-21-42(9,51-13)37(48)29(8)53-33/h15-18,24-29,31-39,41,46-48,50H,14,19-22H2,1-13H3/t24?,25?,26-,27-,28+,29?,31?,32+,33-,34?,35?,36-,37-,38+,39+,41-,42?,43?,44+/m0/s1. The number of carbonyl (C=O) groups excluding carboxylic acids is 1. The van der Waals surface area contributed by atoms with Crippen molar-refractivity contribution < 1.29 is 58.4 Å². The van der Waals surface area contributed by atoms with Crippen LogP contribution in [0.1, 0.15) is 106 Å². The third-order valence-corrected chi connectivity index (χ3v) is 13.8. The first-order valence-electron chi connectivity index (χ1n) is 21.1. The molecule has 1 aromatic carbocycles. The average molecular weight is 808 g/mol. The quantitative estimate of drug-likeness (QED) is 0.231. The second kappa shape index (κ2) is 18.1. The lowest BCUT2D eigenvalue weighted by Crippen LogP contribution is -2.60. The van der Waals surface area contributed by atoms with E-state index in [4.69, 9.17) is 33.2 Å². The Hall–Kier alpha value is -1.75. The highest BCUT2D eigenvalue weighted by molar-refractivity contribution is 5.73. The van der Waals surface area contributed by atoms with E-state index in [-0.39, 0.29) is 30.9 Å². The van der Waals surface area contributed by atoms with Crippen LogP contribution in [-0.2, 0) is 44.5 Å². The summed E-state index contributed by atoms with van der Waals surface area (Å²) in [5.74, 6) is -2.76. The number of nitrogens with zero attached hydrogens (tertiary/aromatic N) is 1. The molecule has 4 N–H and O–H groups in total. The highest BCUT2D eigenvalue weighted by atomic mass is 16.7. The van der Waals surface area contributed by atoms with Crippen LogP contribution in [0.5, 0.6) is 0 Å². The van der Waals surface area contributed by atoms with Crippen molar-refractivity contribution >= 4 is 5.97 Å². The Kier molecular flexibility index (Phi) is 14.7. The topological polar surface area (TPSA) is 166 Å². The molecule has 5 rings (SSSR count). The lowest BCUT2D eigenvalue weighted by Gasteiger charge is -2.48. The lowest BCUT2D eigenvalue weighted by atomic mass is 9.76. The summed E-state index contributed by atoms with van der Waals surface area (Å²) in [4.78, 5) is 16.6. The Bertz CT molecular complexity index is 1480. The second-order valence-electron chi connectivity index (χ2n) is 18.7. The van der Waals surface area contributed by atoms with Gasteiger partial charge in [0.1, 0.15) is 23.9 Å². The normalized spacial score (nSPS) is 44.9. The van der Waals surface area contributed by atoms with Gasteiger partial charge >= 0.3 is 5.97 Å². The van der Waals surface area contributed by atoms with Crippen LogP contribution < -0.4 is 0 Å². The molecule has 0 saturated carbocycles. The van der Waals surface area contributed by atoms with Crippen molar-refractivity contribution in [3.05, 3.63) is 35.4 Å². The molecule has 13 heteroatoms. The molecule has 0 aromatic heterocycles. The molecule has 0 amide bonds. The van der Waals surface area contributed by atoms with E-state index in [0.717, 1.165) is 5.56 Å². The minimum absolute atomic E-state index is 0.0776. The van der Waals surface area contributed by atoms with Crippen LogP contribution in [-0.4, -0.2) is 136 Å². The van der Waals surface area contributed by atoms with E-state index in [1.54, 1.807) is 27.7 Å². The molecule has 4 heterocycles. The van der Waals surface area contributed by atoms with Crippen molar-refractivity contribution in [3.8, 4) is 0 Å². The van der Waals surface area contributed by atoms with E-state index >= 15 is 0 Å². The summed E-state index contributed by atoms with van der Waals surface area (Å²) in [6, 6.07) is 8.08. The number of fused-ring (bicyclic) bond motifs is 2. The maximum Gasteiger partial charge on any atom is 0.311 e. The fourth-order valence-electron chi connectivity index (χ4n) is 10.2. The smallest absolute Gasteiger partial charge is 0.311 e. The minimum atomic E-state index is -1.80. The van der Waals surface area contributed by atoms with Gasteiger partial charge in [-0.3, -0.25) is 9.69 Å². The first-order chi connectivity index (χ1) is 26.6. The van der Waals surface area contributed by atoms with Gasteiger partial charge in [0.25, 0.3) is 0 Å². The molecule has 326 valence electrons. The Morgan fingerprint density at radius 3 is 2.26 bits per heavy atom. The fourth-order valence-corrected chi connectivity index (χ4v) is 10.2. The van der Waals surface area contributed by atoms with Crippen LogP contribution in [0.2, 0.25) is 0 Å². The van der Waals surface area contributed by atoms with Crippen LogP contribution in [0.25, 0.3) is 0 Å². The van der Waals surface area contributed by atoms with Crippen molar-refractivity contribution in [2.24, 2.45) is 23.7 Å². The number of aliphatic hydroxyl groups excluding tert-OH is 3. The average Bonchev–Trinajstić information content (AvgIpc) is 3.48. The Morgan fingerprint density at radius 1 is 1.00 bits per heavy atom. The number of hydrogen-bond acceptors (Lipinski definition) is 13.